The van der Waals surface area contributed by atoms with Gasteiger partial charge < -0.3 is 5.32 Å². The van der Waals surface area contributed by atoms with Crippen LogP contribution in [0.1, 0.15) is 26.3 Å². The van der Waals surface area contributed by atoms with Crippen molar-refractivity contribution >= 4 is 28.6 Å². The Bertz CT molecular complexity index is 449. The number of nitrogens with one attached hydrogen (secondary N) is 1. The first-order chi connectivity index (χ1) is 7.59. The van der Waals surface area contributed by atoms with E-state index in [4.69, 9.17) is 17.2 Å². The number of benzodiazepines with no additional fused rings is 1. The van der Waals surface area contributed by atoms with E-state index in [0.29, 0.717) is 5.92 Å². The van der Waals surface area contributed by atoms with Gasteiger partial charge in [0.25, 0.3) is 0 Å². The van der Waals surface area contributed by atoms with Crippen molar-refractivity contribution < 1.29 is 0 Å². The molecule has 0 amide bonds. The van der Waals surface area contributed by atoms with Gasteiger partial charge in [0.1, 0.15) is 4.99 Å². The summed E-state index contributed by atoms with van der Waals surface area (Å²) >= 11 is 5.31. The summed E-state index contributed by atoms with van der Waals surface area (Å²) < 4.78 is 0. The number of hydrogen-bond acceptors (Lipinski definition) is 2. The zero-order valence-electron chi connectivity index (χ0n) is 9.82. The van der Waals surface area contributed by atoms with Gasteiger partial charge in [0.15, 0.2) is 0 Å². The van der Waals surface area contributed by atoms with Crippen LogP contribution in [0.5, 0.6) is 0 Å². The smallest absolute Gasteiger partial charge is 0.104 e. The highest BCUT2D eigenvalue weighted by Crippen LogP contribution is 2.23. The number of hydrogen-bond donors (Lipinski definition) is 1. The topological polar surface area (TPSA) is 24.4 Å². The molecule has 0 saturated heterocycles. The van der Waals surface area contributed by atoms with Crippen molar-refractivity contribution in [2.24, 2.45) is 10.9 Å². The number of rotatable bonds is 1. The Balaban J connectivity index is 2.57. The van der Waals surface area contributed by atoms with E-state index in [9.17, 15) is 0 Å². The molecule has 0 fully saturated rings. The van der Waals surface area contributed by atoms with Crippen LogP contribution in [0.2, 0.25) is 0 Å². The Kier molecular flexibility index (Phi) is 3.06. The van der Waals surface area contributed by atoms with Crippen molar-refractivity contribution in [2.45, 2.75) is 26.8 Å². The van der Waals surface area contributed by atoms with Crippen LogP contribution < -0.4 is 5.32 Å². The van der Waals surface area contributed by atoms with Crippen molar-refractivity contribution in [3.8, 4) is 0 Å². The van der Waals surface area contributed by atoms with Crippen molar-refractivity contribution in [2.75, 3.05) is 5.32 Å². The molecule has 1 N–H and O–H groups in total. The van der Waals surface area contributed by atoms with Crippen molar-refractivity contribution in [3.63, 3.8) is 0 Å². The fourth-order valence-electron chi connectivity index (χ4n) is 1.85. The highest BCUT2D eigenvalue weighted by molar-refractivity contribution is 7.80. The predicted molar refractivity (Wildman–Crippen MR) is 73.5 cm³/mol. The number of anilines is 1. The maximum Gasteiger partial charge on any atom is 0.104 e. The highest BCUT2D eigenvalue weighted by atomic mass is 32.1. The highest BCUT2D eigenvalue weighted by Gasteiger charge is 2.20. The molecule has 0 saturated carbocycles. The van der Waals surface area contributed by atoms with Gasteiger partial charge in [-0.05, 0) is 18.9 Å². The second-order valence-corrected chi connectivity index (χ2v) is 4.82. The molecule has 1 heterocycles. The lowest BCUT2D eigenvalue weighted by atomic mass is 9.98. The normalized spacial score (nSPS) is 19.9. The molecule has 0 aliphatic carbocycles. The first kappa shape index (κ1) is 11.3. The minimum absolute atomic E-state index is 0.0554. The van der Waals surface area contributed by atoms with Crippen LogP contribution in [-0.2, 0) is 0 Å². The van der Waals surface area contributed by atoms with E-state index in [-0.39, 0.29) is 6.04 Å². The Hall–Kier alpha value is -1.22. The molecule has 2 rings (SSSR count). The summed E-state index contributed by atoms with van der Waals surface area (Å²) in [5.74, 6) is 0.409. The van der Waals surface area contributed by atoms with Crippen LogP contribution in [0.15, 0.2) is 29.3 Å². The van der Waals surface area contributed by atoms with E-state index < -0.39 is 0 Å². The van der Waals surface area contributed by atoms with Gasteiger partial charge in [0.2, 0.25) is 0 Å². The third kappa shape index (κ3) is 2.00. The van der Waals surface area contributed by atoms with Gasteiger partial charge in [-0.25, -0.2) is 0 Å². The van der Waals surface area contributed by atoms with Crippen LogP contribution in [-0.4, -0.2) is 16.7 Å². The summed E-state index contributed by atoms with van der Waals surface area (Å²) in [7, 11) is 0. The molecule has 3 heteroatoms. The first-order valence-electron chi connectivity index (χ1n) is 5.57. The van der Waals surface area contributed by atoms with Gasteiger partial charge in [0, 0.05) is 17.0 Å². The molecule has 0 radical (unpaired) electrons. The van der Waals surface area contributed by atoms with Gasteiger partial charge in [-0.15, -0.1) is 0 Å². The molecule has 2 nitrogen and oxygen atoms in total. The van der Waals surface area contributed by atoms with Gasteiger partial charge in [0.05, 0.1) is 6.04 Å². The van der Waals surface area contributed by atoms with Crippen LogP contribution >= 0.6 is 12.2 Å². The van der Waals surface area contributed by atoms with Crippen molar-refractivity contribution in [3.05, 3.63) is 29.8 Å². The van der Waals surface area contributed by atoms with E-state index in [1.54, 1.807) is 0 Å². The van der Waals surface area contributed by atoms with Gasteiger partial charge >= 0.3 is 0 Å². The molecule has 1 aromatic rings. The fraction of sp³-hybridized carbons (Fsp3) is 0.385. The van der Waals surface area contributed by atoms with Gasteiger partial charge in [-0.3, -0.25) is 4.99 Å². The third-order valence-electron chi connectivity index (χ3n) is 2.72. The summed E-state index contributed by atoms with van der Waals surface area (Å²) in [6.45, 7) is 6.36. The van der Waals surface area contributed by atoms with Gasteiger partial charge in [-0.2, -0.15) is 0 Å². The number of nitrogens with zero attached hydrogens (tertiary/aromatic N) is 1. The van der Waals surface area contributed by atoms with Gasteiger partial charge in [-0.1, -0.05) is 44.3 Å². The largest absolute Gasteiger partial charge is 0.348 e. The predicted octanol–water partition coefficient (Wildman–Crippen LogP) is 3.27. The number of fused-ring (bicyclic) bond motifs is 1. The first-order valence-corrected chi connectivity index (χ1v) is 5.98. The second-order valence-electron chi connectivity index (χ2n) is 4.38. The van der Waals surface area contributed by atoms with Crippen LogP contribution in [0.3, 0.4) is 0 Å². The lowest BCUT2D eigenvalue weighted by Crippen LogP contribution is -2.20. The molecule has 0 spiro atoms. The molecule has 1 aliphatic heterocycles. The Morgan fingerprint density at radius 2 is 2.00 bits per heavy atom. The number of thiocarbonyl (C=S) groups is 1. The SMILES string of the molecule is CC(C)C1=NC(C)C(=S)Nc2ccccc21. The van der Waals surface area contributed by atoms with E-state index >= 15 is 0 Å². The Morgan fingerprint density at radius 1 is 1.31 bits per heavy atom. The van der Waals surface area contributed by atoms with Crippen LogP contribution in [0.25, 0.3) is 0 Å². The van der Waals surface area contributed by atoms with Crippen LogP contribution in [0.4, 0.5) is 5.69 Å². The van der Waals surface area contributed by atoms with E-state index in [1.807, 2.05) is 19.1 Å². The molecular weight excluding hydrogens is 216 g/mol. The zero-order chi connectivity index (χ0) is 11.7. The molecule has 16 heavy (non-hydrogen) atoms. The molecule has 1 aliphatic rings. The molecule has 0 aromatic heterocycles. The van der Waals surface area contributed by atoms with E-state index in [2.05, 4.69) is 31.3 Å². The quantitative estimate of drug-likeness (QED) is 0.751. The van der Waals surface area contributed by atoms with E-state index in [1.165, 1.54) is 5.56 Å². The van der Waals surface area contributed by atoms with Crippen LogP contribution in [0, 0.1) is 5.92 Å². The van der Waals surface area contributed by atoms with E-state index in [0.717, 1.165) is 16.4 Å². The molecule has 1 atom stereocenters. The summed E-state index contributed by atoms with van der Waals surface area (Å²) in [4.78, 5) is 5.51. The van der Waals surface area contributed by atoms with Crippen molar-refractivity contribution in [1.29, 1.82) is 0 Å². The minimum Gasteiger partial charge on any atom is -0.348 e. The average Bonchev–Trinajstić information content (AvgIpc) is 2.37. The summed E-state index contributed by atoms with van der Waals surface area (Å²) in [5.41, 5.74) is 3.38. The standard InChI is InChI=1S/C13H16N2S/c1-8(2)12-10-6-4-5-7-11(10)15-13(16)9(3)14-12/h4-9H,1-3H3,(H,15,16). The Labute approximate surface area is 102 Å². The summed E-state index contributed by atoms with van der Waals surface area (Å²) in [6.07, 6.45) is 0. The molecule has 1 aromatic carbocycles. The maximum absolute atomic E-state index is 5.31. The maximum atomic E-state index is 5.31. The average molecular weight is 232 g/mol. The lowest BCUT2D eigenvalue weighted by Gasteiger charge is -2.11. The zero-order valence-corrected chi connectivity index (χ0v) is 10.6. The lowest BCUT2D eigenvalue weighted by molar-refractivity contribution is 0.860. The number of aliphatic imine (C=N–C) groups is 1. The molecule has 84 valence electrons. The molecule has 1 unspecified atom stereocenters. The number of benzene rings is 1. The fourth-order valence-corrected chi connectivity index (χ4v) is 2.01. The molecule has 0 bridgehead atoms. The second kappa shape index (κ2) is 4.34. The summed E-state index contributed by atoms with van der Waals surface area (Å²) in [6, 6.07) is 8.26. The van der Waals surface area contributed by atoms with Crippen molar-refractivity contribution in [1.82, 2.24) is 0 Å². The Morgan fingerprint density at radius 3 is 2.69 bits per heavy atom. The third-order valence-corrected chi connectivity index (χ3v) is 3.16. The molecular formula is C13H16N2S. The minimum atomic E-state index is 0.0554. The number of para-hydroxylation sites is 1. The summed E-state index contributed by atoms with van der Waals surface area (Å²) in [5, 5.41) is 3.27. The monoisotopic (exact) mass is 232 g/mol.